The molecule has 28 heavy (non-hydrogen) atoms. The fourth-order valence-electron chi connectivity index (χ4n) is 4.61. The maximum atomic E-state index is 7.57. The van der Waals surface area contributed by atoms with Crippen molar-refractivity contribution in [2.45, 2.75) is 7.25 Å². The predicted molar refractivity (Wildman–Crippen MR) is 121 cm³/mol. The number of fused-ring (bicyclic) bond motifs is 2. The summed E-state index contributed by atoms with van der Waals surface area (Å²) in [6.45, 7) is 0. The molecule has 142 valence electrons. The third-order valence-electron chi connectivity index (χ3n) is 5.90. The molecule has 4 heteroatoms. The van der Waals surface area contributed by atoms with Crippen molar-refractivity contribution < 1.29 is 20.6 Å². The van der Waals surface area contributed by atoms with E-state index in [0.29, 0.717) is 7.25 Å². The van der Waals surface area contributed by atoms with Gasteiger partial charge in [-0.1, -0.05) is 0 Å². The van der Waals surface area contributed by atoms with Crippen LogP contribution in [0.2, 0.25) is 0 Å². The Balaban J connectivity index is 0.00000112. The van der Waals surface area contributed by atoms with Crippen LogP contribution in [-0.4, -0.2) is 0 Å². The zero-order valence-corrected chi connectivity index (χ0v) is 19.5. The molecule has 0 amide bonds. The van der Waals surface area contributed by atoms with E-state index in [-0.39, 0.29) is 24.8 Å². The van der Waals surface area contributed by atoms with Gasteiger partial charge in [0.25, 0.3) is 0 Å². The molecule has 2 aliphatic rings. The number of hydrogen-bond acceptors (Lipinski definition) is 1. The Morgan fingerprint density at radius 3 is 1.50 bits per heavy atom. The SMILES string of the molecule is Cl.Cl.[NH2][Zr]([c]1ccccc1)([CH]1C=Cc2ccccc21)[CH]1C=Cc2ccccc21. The molecule has 3 aromatic rings. The van der Waals surface area contributed by atoms with Gasteiger partial charge < -0.3 is 0 Å². The van der Waals surface area contributed by atoms with E-state index in [1.807, 2.05) is 0 Å². The summed E-state index contributed by atoms with van der Waals surface area (Å²) in [6, 6.07) is 28.4. The van der Waals surface area contributed by atoms with Crippen molar-refractivity contribution in [2.24, 2.45) is 3.68 Å². The van der Waals surface area contributed by atoms with Gasteiger partial charge in [0.05, 0.1) is 0 Å². The number of halogens is 2. The van der Waals surface area contributed by atoms with Crippen LogP contribution in [0.1, 0.15) is 29.5 Å². The summed E-state index contributed by atoms with van der Waals surface area (Å²) < 4.78 is 9.66. The van der Waals surface area contributed by atoms with Gasteiger partial charge in [0, 0.05) is 0 Å². The van der Waals surface area contributed by atoms with Crippen LogP contribution >= 0.6 is 24.8 Å². The zero-order valence-electron chi connectivity index (χ0n) is 15.4. The van der Waals surface area contributed by atoms with E-state index in [9.17, 15) is 0 Å². The number of allylic oxidation sites excluding steroid dienone is 2. The number of rotatable bonds is 3. The van der Waals surface area contributed by atoms with E-state index in [4.69, 9.17) is 3.68 Å². The van der Waals surface area contributed by atoms with Gasteiger partial charge in [0.1, 0.15) is 0 Å². The topological polar surface area (TPSA) is 26.0 Å². The molecule has 0 saturated carbocycles. The third-order valence-corrected chi connectivity index (χ3v) is 16.7. The van der Waals surface area contributed by atoms with Crippen molar-refractivity contribution >= 4 is 40.2 Å². The molecule has 5 rings (SSSR count). The summed E-state index contributed by atoms with van der Waals surface area (Å²) in [7, 11) is 0. The van der Waals surface area contributed by atoms with Crippen LogP contribution in [0.5, 0.6) is 0 Å². The molecular formula is C24H23Cl2NZr. The standard InChI is InChI=1S/2C9H7.C6H5.2ClH.H2N.Zr/c2*1-2-5-9-7-3-6-8(9)4-1;1-2-4-6-5-3-1;;;;/h2*1-7H;1-5H;2*1H;1H2;/q;;;;;-1;+1. The van der Waals surface area contributed by atoms with Crippen LogP contribution in [0.15, 0.2) is 91.0 Å². The van der Waals surface area contributed by atoms with E-state index in [1.165, 1.54) is 25.5 Å². The molecule has 0 spiro atoms. The number of nitrogens with two attached hydrogens (primary N) is 1. The first-order chi connectivity index (χ1) is 12.8. The Hall–Kier alpha value is -1.44. The second-order valence-electron chi connectivity index (χ2n) is 7.23. The van der Waals surface area contributed by atoms with Crippen LogP contribution in [0, 0.1) is 0 Å². The molecule has 0 aromatic heterocycles. The van der Waals surface area contributed by atoms with Crippen LogP contribution < -0.4 is 6.95 Å². The van der Waals surface area contributed by atoms with Crippen molar-refractivity contribution in [3.63, 3.8) is 0 Å². The molecule has 0 fully saturated rings. The Morgan fingerprint density at radius 1 is 0.571 bits per heavy atom. The fraction of sp³-hybridized carbons (Fsp3) is 0.0833. The zero-order chi connectivity index (χ0) is 17.6. The normalized spacial score (nSPS) is 20.5. The van der Waals surface area contributed by atoms with Crippen LogP contribution in [0.4, 0.5) is 0 Å². The monoisotopic (exact) mass is 485 g/mol. The molecule has 0 radical (unpaired) electrons. The molecule has 2 aliphatic carbocycles. The van der Waals surface area contributed by atoms with E-state index in [2.05, 4.69) is 103 Å². The van der Waals surface area contributed by atoms with E-state index in [1.54, 1.807) is 0 Å². The first-order valence-electron chi connectivity index (χ1n) is 9.17. The van der Waals surface area contributed by atoms with Crippen molar-refractivity contribution in [2.75, 3.05) is 0 Å². The van der Waals surface area contributed by atoms with Gasteiger partial charge in [-0.2, -0.15) is 0 Å². The van der Waals surface area contributed by atoms with E-state index < -0.39 is 20.6 Å². The van der Waals surface area contributed by atoms with Gasteiger partial charge in [-0.3, -0.25) is 0 Å². The van der Waals surface area contributed by atoms with Crippen molar-refractivity contribution in [3.8, 4) is 0 Å². The van der Waals surface area contributed by atoms with Crippen LogP contribution in [-0.2, 0) is 20.6 Å². The molecule has 1 nitrogen and oxygen atoms in total. The first kappa shape index (κ1) is 21.3. The molecule has 0 bridgehead atoms. The fourth-order valence-corrected chi connectivity index (χ4v) is 15.1. The number of benzene rings is 3. The van der Waals surface area contributed by atoms with Gasteiger partial charge in [-0.25, -0.2) is 0 Å². The second-order valence-corrected chi connectivity index (χ2v) is 16.3. The van der Waals surface area contributed by atoms with Gasteiger partial charge in [0.15, 0.2) is 0 Å². The summed E-state index contributed by atoms with van der Waals surface area (Å²) in [5.41, 5.74) is 5.48. The van der Waals surface area contributed by atoms with Gasteiger partial charge in [-0.15, -0.1) is 24.8 Å². The average Bonchev–Trinajstić information content (AvgIpc) is 3.33. The summed E-state index contributed by atoms with van der Waals surface area (Å²) in [6.07, 6.45) is 9.29. The molecule has 2 atom stereocenters. The molecule has 0 aliphatic heterocycles. The van der Waals surface area contributed by atoms with Crippen LogP contribution in [0.3, 0.4) is 0 Å². The second kappa shape index (κ2) is 8.51. The van der Waals surface area contributed by atoms with Crippen molar-refractivity contribution in [1.82, 2.24) is 0 Å². The predicted octanol–water partition coefficient (Wildman–Crippen LogP) is 5.72. The van der Waals surface area contributed by atoms with Crippen molar-refractivity contribution in [3.05, 3.63) is 113 Å². The van der Waals surface area contributed by atoms with E-state index >= 15 is 0 Å². The minimum absolute atomic E-state index is 0. The Morgan fingerprint density at radius 2 is 1.00 bits per heavy atom. The molecule has 3 aromatic carbocycles. The van der Waals surface area contributed by atoms with Crippen molar-refractivity contribution in [1.29, 1.82) is 0 Å². The molecule has 2 N–H and O–H groups in total. The van der Waals surface area contributed by atoms with Gasteiger partial charge in [0.2, 0.25) is 0 Å². The third kappa shape index (κ3) is 3.27. The molecule has 0 saturated heterocycles. The molecule has 2 unspecified atom stereocenters. The van der Waals surface area contributed by atoms with Gasteiger partial charge >= 0.3 is 160 Å². The Labute approximate surface area is 184 Å². The first-order valence-corrected chi connectivity index (χ1v) is 14.7. The van der Waals surface area contributed by atoms with E-state index in [0.717, 1.165) is 0 Å². The summed E-state index contributed by atoms with van der Waals surface area (Å²) in [5, 5.41) is 0. The maximum absolute atomic E-state index is 7.57. The summed E-state index contributed by atoms with van der Waals surface area (Å²) in [5.74, 6) is 0. The molecular weight excluding hydrogens is 464 g/mol. The molecule has 0 heterocycles. The average molecular weight is 488 g/mol. The summed E-state index contributed by atoms with van der Waals surface area (Å²) in [4.78, 5) is 0. The summed E-state index contributed by atoms with van der Waals surface area (Å²) >= 11 is -3.41. The Kier molecular flexibility index (Phi) is 6.47. The number of hydrogen-bond donors (Lipinski definition) is 1. The van der Waals surface area contributed by atoms with Gasteiger partial charge in [-0.05, 0) is 0 Å². The quantitative estimate of drug-likeness (QED) is 0.503. The minimum atomic E-state index is -3.41. The van der Waals surface area contributed by atoms with Crippen LogP contribution in [0.25, 0.3) is 12.2 Å². The Bertz CT molecular complexity index is 968.